The molecule has 7 heteroatoms. The highest BCUT2D eigenvalue weighted by molar-refractivity contribution is 7.89. The third-order valence-electron chi connectivity index (χ3n) is 4.43. The van der Waals surface area contributed by atoms with Gasteiger partial charge in [-0.3, -0.25) is 4.90 Å². The van der Waals surface area contributed by atoms with Gasteiger partial charge in [0.05, 0.1) is 4.90 Å². The summed E-state index contributed by atoms with van der Waals surface area (Å²) >= 11 is 1.65. The zero-order valence-corrected chi connectivity index (χ0v) is 15.4. The number of hydrogen-bond acceptors (Lipinski definition) is 5. The minimum Gasteiger partial charge on any atom is -0.304 e. The van der Waals surface area contributed by atoms with Crippen LogP contribution in [0.4, 0.5) is 0 Å². The van der Waals surface area contributed by atoms with Gasteiger partial charge in [-0.1, -0.05) is 18.2 Å². The maximum absolute atomic E-state index is 12.5. The van der Waals surface area contributed by atoms with Crippen LogP contribution in [0.2, 0.25) is 0 Å². The predicted octanol–water partition coefficient (Wildman–Crippen LogP) is 2.02. The van der Waals surface area contributed by atoms with Gasteiger partial charge in [0, 0.05) is 38.8 Å². The molecule has 0 amide bonds. The Kier molecular flexibility index (Phi) is 5.68. The van der Waals surface area contributed by atoms with E-state index in [1.54, 1.807) is 35.6 Å². The summed E-state index contributed by atoms with van der Waals surface area (Å²) in [5.74, 6) is 0. The maximum Gasteiger partial charge on any atom is 0.240 e. The Bertz CT molecular complexity index is 724. The molecular weight excluding hydrogens is 342 g/mol. The van der Waals surface area contributed by atoms with Gasteiger partial charge in [-0.15, -0.1) is 0 Å². The van der Waals surface area contributed by atoms with Gasteiger partial charge >= 0.3 is 0 Å². The lowest BCUT2D eigenvalue weighted by molar-refractivity contribution is 0.113. The topological polar surface area (TPSA) is 52.6 Å². The van der Waals surface area contributed by atoms with E-state index in [1.165, 1.54) is 5.56 Å². The van der Waals surface area contributed by atoms with Gasteiger partial charge in [0.1, 0.15) is 0 Å². The van der Waals surface area contributed by atoms with E-state index in [2.05, 4.69) is 33.0 Å². The summed E-state index contributed by atoms with van der Waals surface area (Å²) in [6.07, 6.45) is 0. The van der Waals surface area contributed by atoms with Gasteiger partial charge in [0.15, 0.2) is 0 Å². The lowest BCUT2D eigenvalue weighted by Crippen LogP contribution is -2.48. The Hall–Kier alpha value is -1.25. The van der Waals surface area contributed by atoms with E-state index in [-0.39, 0.29) is 6.04 Å². The fourth-order valence-corrected chi connectivity index (χ4v) is 4.69. The van der Waals surface area contributed by atoms with Crippen LogP contribution >= 0.6 is 11.3 Å². The molecule has 1 aromatic carbocycles. The third-order valence-corrected chi connectivity index (χ3v) is 6.57. The van der Waals surface area contributed by atoms with Crippen LogP contribution in [-0.2, 0) is 10.0 Å². The monoisotopic (exact) mass is 365 g/mol. The Balaban J connectivity index is 1.73. The average Bonchev–Trinajstić information content (AvgIpc) is 3.12. The zero-order valence-electron chi connectivity index (χ0n) is 13.8. The van der Waals surface area contributed by atoms with Gasteiger partial charge < -0.3 is 4.90 Å². The molecule has 1 N–H and O–H groups in total. The van der Waals surface area contributed by atoms with Crippen LogP contribution in [0.5, 0.6) is 0 Å². The number of sulfonamides is 1. The molecule has 24 heavy (non-hydrogen) atoms. The van der Waals surface area contributed by atoms with Crippen LogP contribution < -0.4 is 4.72 Å². The Morgan fingerprint density at radius 1 is 1.12 bits per heavy atom. The van der Waals surface area contributed by atoms with Gasteiger partial charge in [-0.05, 0) is 41.6 Å². The molecule has 1 atom stereocenters. The largest absolute Gasteiger partial charge is 0.304 e. The molecule has 0 aliphatic carbocycles. The molecule has 0 spiro atoms. The first-order chi connectivity index (χ1) is 11.6. The van der Waals surface area contributed by atoms with Crippen LogP contribution in [0.15, 0.2) is 52.1 Å². The summed E-state index contributed by atoms with van der Waals surface area (Å²) in [5.41, 5.74) is 1.18. The molecule has 5 nitrogen and oxygen atoms in total. The first-order valence-corrected chi connectivity index (χ1v) is 10.5. The molecule has 0 unspecified atom stereocenters. The van der Waals surface area contributed by atoms with Crippen molar-refractivity contribution in [2.45, 2.75) is 10.9 Å². The highest BCUT2D eigenvalue weighted by Gasteiger charge is 2.26. The van der Waals surface area contributed by atoms with Gasteiger partial charge in [0.25, 0.3) is 0 Å². The van der Waals surface area contributed by atoms with Crippen LogP contribution in [0, 0.1) is 0 Å². The Morgan fingerprint density at radius 3 is 2.46 bits per heavy atom. The van der Waals surface area contributed by atoms with Crippen LogP contribution in [0.3, 0.4) is 0 Å². The summed E-state index contributed by atoms with van der Waals surface area (Å²) in [5, 5.41) is 4.16. The van der Waals surface area contributed by atoms with Crippen molar-refractivity contribution in [3.63, 3.8) is 0 Å². The summed E-state index contributed by atoms with van der Waals surface area (Å²) in [4.78, 5) is 4.98. The molecule has 2 heterocycles. The average molecular weight is 366 g/mol. The van der Waals surface area contributed by atoms with Crippen molar-refractivity contribution in [3.05, 3.63) is 52.7 Å². The van der Waals surface area contributed by atoms with E-state index in [4.69, 9.17) is 0 Å². The number of rotatable bonds is 6. The number of likely N-dealkylation sites (N-methyl/N-ethyl adjacent to an activating group) is 1. The van der Waals surface area contributed by atoms with Crippen molar-refractivity contribution in [1.29, 1.82) is 0 Å². The number of piperazine rings is 1. The minimum absolute atomic E-state index is 0.0726. The molecule has 1 fully saturated rings. The number of thiophene rings is 1. The molecule has 1 aliphatic heterocycles. The second-order valence-electron chi connectivity index (χ2n) is 6.08. The number of hydrogen-bond donors (Lipinski definition) is 1. The molecule has 0 bridgehead atoms. The van der Waals surface area contributed by atoms with Crippen LogP contribution in [0.1, 0.15) is 11.6 Å². The molecule has 130 valence electrons. The van der Waals surface area contributed by atoms with E-state index in [9.17, 15) is 8.42 Å². The Morgan fingerprint density at radius 2 is 1.83 bits per heavy atom. The number of nitrogens with one attached hydrogen (secondary N) is 1. The molecule has 1 aliphatic rings. The first kappa shape index (κ1) is 17.6. The summed E-state index contributed by atoms with van der Waals surface area (Å²) in [7, 11) is -1.36. The maximum atomic E-state index is 12.5. The number of benzene rings is 1. The SMILES string of the molecule is CN1CCN([C@H](CNS(=O)(=O)c2ccccc2)c2ccsc2)CC1. The predicted molar refractivity (Wildman–Crippen MR) is 97.8 cm³/mol. The van der Waals surface area contributed by atoms with E-state index in [0.29, 0.717) is 11.4 Å². The van der Waals surface area contributed by atoms with Gasteiger partial charge in [0.2, 0.25) is 10.0 Å². The molecule has 0 radical (unpaired) electrons. The van der Waals surface area contributed by atoms with E-state index >= 15 is 0 Å². The van der Waals surface area contributed by atoms with Crippen molar-refractivity contribution in [1.82, 2.24) is 14.5 Å². The molecule has 1 aromatic heterocycles. The van der Waals surface area contributed by atoms with Crippen molar-refractivity contribution >= 4 is 21.4 Å². The van der Waals surface area contributed by atoms with Crippen molar-refractivity contribution < 1.29 is 8.42 Å². The molecule has 1 saturated heterocycles. The number of nitrogens with zero attached hydrogens (tertiary/aromatic N) is 2. The standard InChI is InChI=1S/C17H23N3O2S2/c1-19-8-10-20(11-9-19)17(15-7-12-23-14-15)13-18-24(21,22)16-5-3-2-4-6-16/h2-7,12,14,17-18H,8-11,13H2,1H3/t17-/m1/s1. The van der Waals surface area contributed by atoms with Crippen molar-refractivity contribution in [3.8, 4) is 0 Å². The van der Waals surface area contributed by atoms with E-state index in [0.717, 1.165) is 26.2 Å². The summed E-state index contributed by atoms with van der Waals surface area (Å²) < 4.78 is 27.8. The highest BCUT2D eigenvalue weighted by atomic mass is 32.2. The lowest BCUT2D eigenvalue weighted by atomic mass is 10.1. The molecule has 0 saturated carbocycles. The van der Waals surface area contributed by atoms with Gasteiger partial charge in [-0.25, -0.2) is 13.1 Å². The Labute approximate surface area is 148 Å². The third kappa shape index (κ3) is 4.23. The molecule has 3 rings (SSSR count). The second kappa shape index (κ2) is 7.76. The smallest absolute Gasteiger partial charge is 0.240 e. The van der Waals surface area contributed by atoms with Crippen LogP contribution in [-0.4, -0.2) is 58.0 Å². The minimum atomic E-state index is -3.48. The molecular formula is C17H23N3O2S2. The van der Waals surface area contributed by atoms with E-state index < -0.39 is 10.0 Å². The van der Waals surface area contributed by atoms with Gasteiger partial charge in [-0.2, -0.15) is 11.3 Å². The quantitative estimate of drug-likeness (QED) is 0.851. The summed E-state index contributed by atoms with van der Waals surface area (Å²) in [6, 6.07) is 10.7. The fraction of sp³-hybridized carbons (Fsp3) is 0.412. The molecule has 2 aromatic rings. The van der Waals surface area contributed by atoms with Crippen molar-refractivity contribution in [2.75, 3.05) is 39.8 Å². The van der Waals surface area contributed by atoms with Crippen LogP contribution in [0.25, 0.3) is 0 Å². The zero-order chi connectivity index (χ0) is 17.0. The lowest BCUT2D eigenvalue weighted by Gasteiger charge is -2.37. The first-order valence-electron chi connectivity index (χ1n) is 8.06. The van der Waals surface area contributed by atoms with E-state index in [1.807, 2.05) is 11.4 Å². The second-order valence-corrected chi connectivity index (χ2v) is 8.62. The normalized spacial score (nSPS) is 18.5. The van der Waals surface area contributed by atoms with Crippen molar-refractivity contribution in [2.24, 2.45) is 0 Å². The fourth-order valence-electron chi connectivity index (χ4n) is 2.93. The summed E-state index contributed by atoms with van der Waals surface area (Å²) in [6.45, 7) is 4.30. The highest BCUT2D eigenvalue weighted by Crippen LogP contribution is 2.24.